The molecule has 2 aliphatic carbocycles. The van der Waals surface area contributed by atoms with Gasteiger partial charge in [0.15, 0.2) is 0 Å². The molecule has 1 heteroatoms. The van der Waals surface area contributed by atoms with Crippen molar-refractivity contribution in [3.63, 3.8) is 0 Å². The van der Waals surface area contributed by atoms with Gasteiger partial charge in [-0.1, -0.05) is 32.9 Å². The van der Waals surface area contributed by atoms with E-state index in [0.717, 1.165) is 12.8 Å². The van der Waals surface area contributed by atoms with Crippen LogP contribution in [0.15, 0.2) is 12.2 Å². The monoisotopic (exact) mass is 164 g/mol. The van der Waals surface area contributed by atoms with Crippen LogP contribution >= 0.6 is 0 Å². The molecule has 0 N–H and O–H groups in total. The summed E-state index contributed by atoms with van der Waals surface area (Å²) >= 11 is 0. The van der Waals surface area contributed by atoms with Crippen LogP contribution < -0.4 is 0 Å². The first kappa shape index (κ1) is 8.03. The van der Waals surface area contributed by atoms with E-state index in [4.69, 9.17) is 0 Å². The number of Topliss-reactive ketones (excluding diaryl/α,β-unsaturated/α-hetero) is 1. The molecule has 66 valence electrons. The van der Waals surface area contributed by atoms with Gasteiger partial charge < -0.3 is 0 Å². The summed E-state index contributed by atoms with van der Waals surface area (Å²) in [5.74, 6) is 0.965. The van der Waals surface area contributed by atoms with Crippen molar-refractivity contribution in [2.75, 3.05) is 0 Å². The maximum absolute atomic E-state index is 11.8. The Balaban J connectivity index is 2.53. The standard InChI is InChI=1S/C11H16O/c1-4-11-6-5-8(7-9(11)12)10(11,2)3/h5-6,8H,4,7H2,1-3H3. The fraction of sp³-hybridized carbons (Fsp3) is 0.727. The Morgan fingerprint density at radius 2 is 2.25 bits per heavy atom. The maximum atomic E-state index is 11.8. The van der Waals surface area contributed by atoms with Gasteiger partial charge in [0, 0.05) is 6.42 Å². The minimum atomic E-state index is -0.113. The largest absolute Gasteiger partial charge is 0.299 e. The number of hydrogen-bond acceptors (Lipinski definition) is 1. The molecule has 1 saturated carbocycles. The zero-order valence-electron chi connectivity index (χ0n) is 8.05. The minimum absolute atomic E-state index is 0.113. The van der Waals surface area contributed by atoms with Gasteiger partial charge in [0.05, 0.1) is 5.41 Å². The van der Waals surface area contributed by atoms with Crippen molar-refractivity contribution in [2.24, 2.45) is 16.7 Å². The molecule has 2 unspecified atom stereocenters. The highest BCUT2D eigenvalue weighted by molar-refractivity contribution is 5.92. The number of hydrogen-bond donors (Lipinski definition) is 0. The SMILES string of the molecule is CCC12C=CC(CC1=O)C2(C)C. The fourth-order valence-corrected chi connectivity index (χ4v) is 2.99. The molecule has 0 spiro atoms. The van der Waals surface area contributed by atoms with Gasteiger partial charge in [0.25, 0.3) is 0 Å². The molecule has 0 aromatic carbocycles. The van der Waals surface area contributed by atoms with Crippen molar-refractivity contribution >= 4 is 5.78 Å². The molecule has 0 saturated heterocycles. The topological polar surface area (TPSA) is 17.1 Å². The molecule has 0 radical (unpaired) electrons. The second-order valence-electron chi connectivity index (χ2n) is 4.64. The van der Waals surface area contributed by atoms with Gasteiger partial charge in [-0.05, 0) is 17.8 Å². The smallest absolute Gasteiger partial charge is 0.143 e. The summed E-state index contributed by atoms with van der Waals surface area (Å²) in [6.45, 7) is 6.58. The second-order valence-corrected chi connectivity index (χ2v) is 4.64. The molecule has 0 heterocycles. The van der Waals surface area contributed by atoms with E-state index in [2.05, 4.69) is 32.9 Å². The first-order valence-corrected chi connectivity index (χ1v) is 4.77. The lowest BCUT2D eigenvalue weighted by Gasteiger charge is -2.34. The number of carbonyl (C=O) groups excluding carboxylic acids is 1. The molecule has 1 nitrogen and oxygen atoms in total. The van der Waals surface area contributed by atoms with Crippen molar-refractivity contribution < 1.29 is 4.79 Å². The molecule has 0 aromatic rings. The summed E-state index contributed by atoms with van der Waals surface area (Å²) in [7, 11) is 0. The van der Waals surface area contributed by atoms with Gasteiger partial charge in [0.1, 0.15) is 5.78 Å². The summed E-state index contributed by atoms with van der Waals surface area (Å²) in [4.78, 5) is 11.8. The predicted octanol–water partition coefficient (Wildman–Crippen LogP) is 2.57. The van der Waals surface area contributed by atoms with E-state index in [0.29, 0.717) is 11.7 Å². The Kier molecular flexibility index (Phi) is 1.35. The third kappa shape index (κ3) is 0.596. The quantitative estimate of drug-likeness (QED) is 0.544. The van der Waals surface area contributed by atoms with E-state index in [1.54, 1.807) is 0 Å². The van der Waals surface area contributed by atoms with Crippen LogP contribution in [0.2, 0.25) is 0 Å². The molecular formula is C11H16O. The number of rotatable bonds is 1. The zero-order valence-corrected chi connectivity index (χ0v) is 8.05. The highest BCUT2D eigenvalue weighted by Gasteiger charge is 2.59. The number of allylic oxidation sites excluding steroid dienone is 2. The summed E-state index contributed by atoms with van der Waals surface area (Å²) in [5, 5.41) is 0. The first-order valence-electron chi connectivity index (χ1n) is 4.77. The van der Waals surface area contributed by atoms with Crippen LogP contribution in [0.25, 0.3) is 0 Å². The molecule has 2 bridgehead atoms. The van der Waals surface area contributed by atoms with Crippen molar-refractivity contribution in [2.45, 2.75) is 33.6 Å². The number of fused-ring (bicyclic) bond motifs is 2. The van der Waals surface area contributed by atoms with E-state index in [9.17, 15) is 4.79 Å². The van der Waals surface area contributed by atoms with Crippen LogP contribution in [0.5, 0.6) is 0 Å². The normalized spacial score (nSPS) is 42.6. The lowest BCUT2D eigenvalue weighted by molar-refractivity contribution is -0.126. The third-order valence-corrected chi connectivity index (χ3v) is 4.15. The van der Waals surface area contributed by atoms with E-state index < -0.39 is 0 Å². The van der Waals surface area contributed by atoms with Gasteiger partial charge in [0.2, 0.25) is 0 Å². The Labute approximate surface area is 73.8 Å². The van der Waals surface area contributed by atoms with Crippen LogP contribution in [-0.2, 0) is 4.79 Å². The Morgan fingerprint density at radius 3 is 2.50 bits per heavy atom. The van der Waals surface area contributed by atoms with Crippen molar-refractivity contribution in [3.05, 3.63) is 12.2 Å². The van der Waals surface area contributed by atoms with Crippen LogP contribution in [0.4, 0.5) is 0 Å². The van der Waals surface area contributed by atoms with Crippen LogP contribution in [-0.4, -0.2) is 5.78 Å². The molecule has 2 atom stereocenters. The summed E-state index contributed by atoms with van der Waals surface area (Å²) < 4.78 is 0. The minimum Gasteiger partial charge on any atom is -0.299 e. The predicted molar refractivity (Wildman–Crippen MR) is 48.8 cm³/mol. The van der Waals surface area contributed by atoms with E-state index in [-0.39, 0.29) is 10.8 Å². The van der Waals surface area contributed by atoms with E-state index in [1.807, 2.05) is 0 Å². The first-order chi connectivity index (χ1) is 5.54. The zero-order chi connectivity index (χ0) is 8.98. The van der Waals surface area contributed by atoms with E-state index in [1.165, 1.54) is 0 Å². The molecule has 0 amide bonds. The van der Waals surface area contributed by atoms with Gasteiger partial charge in [-0.3, -0.25) is 4.79 Å². The Hall–Kier alpha value is -0.590. The molecular weight excluding hydrogens is 148 g/mol. The van der Waals surface area contributed by atoms with Crippen molar-refractivity contribution in [1.29, 1.82) is 0 Å². The number of carbonyl (C=O) groups is 1. The summed E-state index contributed by atoms with van der Waals surface area (Å²) in [6.07, 6.45) is 6.14. The summed E-state index contributed by atoms with van der Waals surface area (Å²) in [6, 6.07) is 0. The van der Waals surface area contributed by atoms with Crippen molar-refractivity contribution in [3.8, 4) is 0 Å². The highest BCUT2D eigenvalue weighted by Crippen LogP contribution is 2.61. The van der Waals surface area contributed by atoms with E-state index >= 15 is 0 Å². The van der Waals surface area contributed by atoms with Crippen LogP contribution in [0.1, 0.15) is 33.6 Å². The van der Waals surface area contributed by atoms with Gasteiger partial charge in [-0.25, -0.2) is 0 Å². The lowest BCUT2D eigenvalue weighted by atomic mass is 9.67. The lowest BCUT2D eigenvalue weighted by Crippen LogP contribution is -2.34. The van der Waals surface area contributed by atoms with Crippen LogP contribution in [0.3, 0.4) is 0 Å². The van der Waals surface area contributed by atoms with Crippen molar-refractivity contribution in [1.82, 2.24) is 0 Å². The van der Waals surface area contributed by atoms with Gasteiger partial charge in [-0.15, -0.1) is 0 Å². The van der Waals surface area contributed by atoms with Gasteiger partial charge >= 0.3 is 0 Å². The second kappa shape index (κ2) is 2.01. The fourth-order valence-electron chi connectivity index (χ4n) is 2.99. The Morgan fingerprint density at radius 1 is 1.58 bits per heavy atom. The molecule has 2 rings (SSSR count). The molecule has 12 heavy (non-hydrogen) atoms. The highest BCUT2D eigenvalue weighted by atomic mass is 16.1. The average Bonchev–Trinajstić information content (AvgIpc) is 2.36. The molecule has 0 aliphatic heterocycles. The average molecular weight is 164 g/mol. The maximum Gasteiger partial charge on any atom is 0.143 e. The molecule has 1 fully saturated rings. The third-order valence-electron chi connectivity index (χ3n) is 4.15. The molecule has 0 aromatic heterocycles. The molecule has 2 aliphatic rings. The summed E-state index contributed by atoms with van der Waals surface area (Å²) in [5.41, 5.74) is 0.0660. The Bertz CT molecular complexity index is 262. The van der Waals surface area contributed by atoms with Crippen LogP contribution in [0, 0.1) is 16.7 Å². The number of ketones is 1. The van der Waals surface area contributed by atoms with Gasteiger partial charge in [-0.2, -0.15) is 0 Å².